The molecular formula is C30H34F2N8O2. The van der Waals surface area contributed by atoms with Crippen LogP contribution < -0.4 is 25.0 Å². The molecule has 2 N–H and O–H groups in total. The second-order valence-electron chi connectivity index (χ2n) is 10.8. The number of ether oxygens (including phenoxy) is 2. The Hall–Kier alpha value is -4.08. The minimum atomic E-state index is -1.18. The fraction of sp³-hybridized carbons (Fsp3) is 0.467. The van der Waals surface area contributed by atoms with Crippen molar-refractivity contribution in [3.63, 3.8) is 0 Å². The molecule has 0 radical (unpaired) electrons. The summed E-state index contributed by atoms with van der Waals surface area (Å²) >= 11 is 0. The van der Waals surface area contributed by atoms with Crippen LogP contribution in [0.15, 0.2) is 36.5 Å². The van der Waals surface area contributed by atoms with Crippen molar-refractivity contribution in [1.82, 2.24) is 25.2 Å². The lowest BCUT2D eigenvalue weighted by Gasteiger charge is -2.43. The van der Waals surface area contributed by atoms with Gasteiger partial charge in [-0.05, 0) is 56.1 Å². The maximum absolute atomic E-state index is 14.9. The van der Waals surface area contributed by atoms with Gasteiger partial charge in [0.1, 0.15) is 41.3 Å². The average molecular weight is 577 g/mol. The summed E-state index contributed by atoms with van der Waals surface area (Å²) in [6.07, 6.45) is 3.66. The molecule has 3 aliphatic rings. The van der Waals surface area contributed by atoms with E-state index in [0.717, 1.165) is 44.1 Å². The highest BCUT2D eigenvalue weighted by atomic mass is 19.1. The molecule has 10 nitrogen and oxygen atoms in total. The topological polar surface area (TPSA) is 111 Å². The normalized spacial score (nSPS) is 21.3. The van der Waals surface area contributed by atoms with Gasteiger partial charge < -0.3 is 25.0 Å². The lowest BCUT2D eigenvalue weighted by molar-refractivity contribution is 0.0729. The van der Waals surface area contributed by atoms with Crippen molar-refractivity contribution in [2.75, 3.05) is 56.6 Å². The molecule has 1 aromatic carbocycles. The number of hydrogen-bond donors (Lipinski definition) is 2. The quantitative estimate of drug-likeness (QED) is 0.407. The molecule has 2 aliphatic heterocycles. The maximum atomic E-state index is 14.9. The van der Waals surface area contributed by atoms with E-state index in [4.69, 9.17) is 9.47 Å². The van der Waals surface area contributed by atoms with Gasteiger partial charge >= 0.3 is 0 Å². The highest BCUT2D eigenvalue weighted by molar-refractivity contribution is 5.67. The molecule has 1 saturated carbocycles. The van der Waals surface area contributed by atoms with E-state index in [2.05, 4.69) is 41.5 Å². The van der Waals surface area contributed by atoms with E-state index in [1.54, 1.807) is 19.2 Å². The van der Waals surface area contributed by atoms with Crippen molar-refractivity contribution < 1.29 is 18.3 Å². The van der Waals surface area contributed by atoms with Gasteiger partial charge in [-0.1, -0.05) is 6.42 Å². The number of nitrogens with one attached hydrogen (secondary N) is 2. The minimum Gasteiger partial charge on any atom is -0.486 e. The van der Waals surface area contributed by atoms with Gasteiger partial charge in [0.2, 0.25) is 11.8 Å². The number of hydrogen-bond acceptors (Lipinski definition) is 10. The van der Waals surface area contributed by atoms with E-state index in [1.807, 2.05) is 12.1 Å². The lowest BCUT2D eigenvalue weighted by atomic mass is 9.91. The van der Waals surface area contributed by atoms with Crippen molar-refractivity contribution in [1.29, 1.82) is 5.26 Å². The molecular weight excluding hydrogens is 542 g/mol. The van der Waals surface area contributed by atoms with Crippen molar-refractivity contribution in [2.45, 2.75) is 44.0 Å². The number of rotatable bonds is 8. The van der Waals surface area contributed by atoms with Gasteiger partial charge in [-0.2, -0.15) is 10.2 Å². The molecule has 0 bridgehead atoms. The molecule has 2 aromatic heterocycles. The number of nitriles is 1. The van der Waals surface area contributed by atoms with Crippen molar-refractivity contribution >= 4 is 17.5 Å². The number of anilines is 3. The highest BCUT2D eigenvalue weighted by Gasteiger charge is 2.29. The first-order chi connectivity index (χ1) is 20.5. The van der Waals surface area contributed by atoms with E-state index in [1.165, 1.54) is 25.3 Å². The van der Waals surface area contributed by atoms with Crippen LogP contribution in [0.5, 0.6) is 11.6 Å². The van der Waals surface area contributed by atoms with Crippen LogP contribution >= 0.6 is 0 Å². The van der Waals surface area contributed by atoms with E-state index < -0.39 is 18.1 Å². The van der Waals surface area contributed by atoms with Crippen LogP contribution in [0.3, 0.4) is 0 Å². The summed E-state index contributed by atoms with van der Waals surface area (Å²) in [5.74, 6) is 0.673. The Labute approximate surface area is 243 Å². The van der Waals surface area contributed by atoms with Crippen LogP contribution in [0.1, 0.15) is 31.2 Å². The van der Waals surface area contributed by atoms with E-state index in [9.17, 15) is 14.0 Å². The summed E-state index contributed by atoms with van der Waals surface area (Å²) in [6, 6.07) is 11.2. The maximum Gasteiger partial charge on any atom is 0.239 e. The van der Waals surface area contributed by atoms with Gasteiger partial charge in [-0.3, -0.25) is 4.90 Å². The predicted molar refractivity (Wildman–Crippen MR) is 154 cm³/mol. The zero-order valence-corrected chi connectivity index (χ0v) is 23.5. The summed E-state index contributed by atoms with van der Waals surface area (Å²) in [7, 11) is 1.59. The van der Waals surface area contributed by atoms with Crippen LogP contribution in [0.25, 0.3) is 11.3 Å². The Kier molecular flexibility index (Phi) is 8.30. The van der Waals surface area contributed by atoms with Gasteiger partial charge in [0.15, 0.2) is 5.82 Å². The first kappa shape index (κ1) is 28.1. The molecule has 42 heavy (non-hydrogen) atoms. The number of methoxy groups -OCH3 is 1. The Bertz CT molecular complexity index is 1460. The predicted octanol–water partition coefficient (Wildman–Crippen LogP) is 4.05. The van der Waals surface area contributed by atoms with E-state index in [-0.39, 0.29) is 29.5 Å². The Morgan fingerprint density at radius 1 is 1.10 bits per heavy atom. The molecule has 3 aromatic rings. The third kappa shape index (κ3) is 5.93. The number of alkyl halides is 1. The van der Waals surface area contributed by atoms with Gasteiger partial charge in [0.25, 0.3) is 0 Å². The number of pyridine rings is 1. The van der Waals surface area contributed by atoms with Crippen molar-refractivity contribution in [2.24, 2.45) is 0 Å². The Balaban J connectivity index is 1.17. The molecule has 2 saturated heterocycles. The molecule has 6 rings (SSSR count). The van der Waals surface area contributed by atoms with Crippen LogP contribution in [0.2, 0.25) is 0 Å². The van der Waals surface area contributed by atoms with Crippen LogP contribution in [0, 0.1) is 17.1 Å². The van der Waals surface area contributed by atoms with Crippen LogP contribution in [-0.2, 0) is 0 Å². The molecule has 220 valence electrons. The minimum absolute atomic E-state index is 0.00806. The van der Waals surface area contributed by atoms with Crippen LogP contribution in [-0.4, -0.2) is 84.5 Å². The smallest absolute Gasteiger partial charge is 0.239 e. The number of piperidine rings is 1. The fourth-order valence-corrected chi connectivity index (χ4v) is 5.68. The second kappa shape index (κ2) is 12.4. The molecule has 2 atom stereocenters. The zero-order chi connectivity index (χ0) is 29.1. The molecule has 0 amide bonds. The standard InChI is InChI=1S/C30H34F2N8O2/c1-41-29-24(40-13-11-39(12-14-40)21-3-2-4-21)6-8-27(36-29)37-30-35-18-23(32)28(38-30)19-5-7-25(20(15-19)16-33)42-26-9-10-34-17-22(26)31/h5-8,15,18,21-22,26,34H,2-4,9-14,17H2,1H3,(H,35,36,37,38). The summed E-state index contributed by atoms with van der Waals surface area (Å²) < 4.78 is 40.5. The van der Waals surface area contributed by atoms with Gasteiger partial charge in [-0.15, -0.1) is 0 Å². The number of benzene rings is 1. The van der Waals surface area contributed by atoms with Gasteiger partial charge in [0, 0.05) is 44.3 Å². The molecule has 3 fully saturated rings. The van der Waals surface area contributed by atoms with Gasteiger partial charge in [-0.25, -0.2) is 18.7 Å². The van der Waals surface area contributed by atoms with Gasteiger partial charge in [0.05, 0.1) is 18.9 Å². The highest BCUT2D eigenvalue weighted by Crippen LogP contribution is 2.33. The van der Waals surface area contributed by atoms with Crippen molar-refractivity contribution in [3.05, 3.63) is 47.9 Å². The molecule has 1 aliphatic carbocycles. The largest absolute Gasteiger partial charge is 0.486 e. The zero-order valence-electron chi connectivity index (χ0n) is 23.5. The molecule has 0 spiro atoms. The summed E-state index contributed by atoms with van der Waals surface area (Å²) in [5.41, 5.74) is 1.47. The van der Waals surface area contributed by atoms with E-state index >= 15 is 0 Å². The molecule has 12 heteroatoms. The first-order valence-electron chi connectivity index (χ1n) is 14.4. The number of aromatic nitrogens is 3. The Morgan fingerprint density at radius 3 is 2.64 bits per heavy atom. The average Bonchev–Trinajstić information content (AvgIpc) is 2.99. The lowest BCUT2D eigenvalue weighted by Crippen LogP contribution is -2.52. The van der Waals surface area contributed by atoms with Crippen LogP contribution in [0.4, 0.5) is 26.2 Å². The summed E-state index contributed by atoms with van der Waals surface area (Å²) in [4.78, 5) is 17.9. The number of halogens is 2. The third-order valence-electron chi connectivity index (χ3n) is 8.26. The summed E-state index contributed by atoms with van der Waals surface area (Å²) in [6.45, 7) is 4.70. The second-order valence-corrected chi connectivity index (χ2v) is 10.8. The van der Waals surface area contributed by atoms with E-state index in [0.29, 0.717) is 30.2 Å². The van der Waals surface area contributed by atoms with Crippen molar-refractivity contribution in [3.8, 4) is 29.0 Å². The SMILES string of the molecule is COc1nc(Nc2ncc(F)c(-c3ccc(OC4CCNCC4F)c(C#N)c3)n2)ccc1N1CCN(C2CCC2)CC1. The molecule has 2 unspecified atom stereocenters. The number of nitrogens with zero attached hydrogens (tertiary/aromatic N) is 6. The summed E-state index contributed by atoms with van der Waals surface area (Å²) in [5, 5.41) is 15.7. The monoisotopic (exact) mass is 576 g/mol. The molecule has 4 heterocycles. The Morgan fingerprint density at radius 2 is 1.93 bits per heavy atom. The third-order valence-corrected chi connectivity index (χ3v) is 8.26. The number of piperazine rings is 1. The fourth-order valence-electron chi connectivity index (χ4n) is 5.68. The first-order valence-corrected chi connectivity index (χ1v) is 14.4.